The number of nitrogens with one attached hydrogen (secondary N) is 1. The van der Waals surface area contributed by atoms with Gasteiger partial charge in [0.1, 0.15) is 11.8 Å². The van der Waals surface area contributed by atoms with Crippen molar-refractivity contribution in [1.82, 2.24) is 4.57 Å². The van der Waals surface area contributed by atoms with Gasteiger partial charge in [0.05, 0.1) is 18.9 Å². The second-order valence-electron chi connectivity index (χ2n) is 10.3. The smallest absolute Gasteiger partial charge is 0.252 e. The van der Waals surface area contributed by atoms with Crippen LogP contribution in [0.2, 0.25) is 5.02 Å². The molecule has 0 aliphatic heterocycles. The second-order valence-corrected chi connectivity index (χ2v) is 10.7. The third-order valence-electron chi connectivity index (χ3n) is 6.15. The Labute approximate surface area is 238 Å². The van der Waals surface area contributed by atoms with Crippen LogP contribution >= 0.6 is 11.6 Å². The Hall–Kier alpha value is -3.95. The standard InChI is InChI=1S/C30H34ClN3O6/c1-18(35)22-13-10-20(31)15-23(22)24-16-27(36)34(17-26(24)39-5)25(7-6-14-40-30(2,3)4)29(38)33-21-11-8-19(9-12-21)28(32)37/h8-13,15-17,25H,6-7,14H2,1-5H3,(H2,32,37)(H,33,38)/t25-/m0/s1. The van der Waals surface area contributed by atoms with Crippen molar-refractivity contribution in [3.8, 4) is 16.9 Å². The van der Waals surface area contributed by atoms with Gasteiger partial charge in [0.2, 0.25) is 11.8 Å². The quantitative estimate of drug-likeness (QED) is 0.240. The molecule has 1 aromatic heterocycles. The summed E-state index contributed by atoms with van der Waals surface area (Å²) in [5, 5.41) is 3.21. The van der Waals surface area contributed by atoms with Crippen LogP contribution in [0.25, 0.3) is 11.1 Å². The summed E-state index contributed by atoms with van der Waals surface area (Å²) in [7, 11) is 1.44. The van der Waals surface area contributed by atoms with Gasteiger partial charge in [0.15, 0.2) is 5.78 Å². The summed E-state index contributed by atoms with van der Waals surface area (Å²) < 4.78 is 12.7. The first-order valence-corrected chi connectivity index (χ1v) is 13.1. The first-order chi connectivity index (χ1) is 18.8. The zero-order chi connectivity index (χ0) is 29.6. The van der Waals surface area contributed by atoms with Crippen molar-refractivity contribution in [3.05, 3.63) is 81.2 Å². The lowest BCUT2D eigenvalue weighted by Gasteiger charge is -2.23. The van der Waals surface area contributed by atoms with Gasteiger partial charge < -0.3 is 20.5 Å². The normalized spacial score (nSPS) is 12.1. The van der Waals surface area contributed by atoms with Gasteiger partial charge in [0.25, 0.3) is 5.56 Å². The van der Waals surface area contributed by atoms with E-state index in [1.807, 2.05) is 20.8 Å². The molecule has 0 bridgehead atoms. The molecule has 0 saturated carbocycles. The van der Waals surface area contributed by atoms with Gasteiger partial charge in [0, 0.05) is 40.1 Å². The van der Waals surface area contributed by atoms with E-state index in [0.29, 0.717) is 58.2 Å². The molecule has 0 radical (unpaired) electrons. The molecular weight excluding hydrogens is 534 g/mol. The number of halogens is 1. The number of benzene rings is 2. The van der Waals surface area contributed by atoms with Crippen molar-refractivity contribution >= 4 is 34.9 Å². The highest BCUT2D eigenvalue weighted by molar-refractivity contribution is 6.31. The van der Waals surface area contributed by atoms with Crippen LogP contribution in [0.15, 0.2) is 59.5 Å². The number of primary amides is 1. The predicted molar refractivity (Wildman–Crippen MR) is 155 cm³/mol. The van der Waals surface area contributed by atoms with Gasteiger partial charge in [-0.2, -0.15) is 0 Å². The maximum absolute atomic E-state index is 13.5. The topological polar surface area (TPSA) is 130 Å². The zero-order valence-electron chi connectivity index (χ0n) is 23.2. The van der Waals surface area contributed by atoms with Crippen molar-refractivity contribution in [3.63, 3.8) is 0 Å². The maximum atomic E-state index is 13.5. The summed E-state index contributed by atoms with van der Waals surface area (Å²) in [4.78, 5) is 50.7. The summed E-state index contributed by atoms with van der Waals surface area (Å²) in [5.74, 6) is -0.928. The van der Waals surface area contributed by atoms with Gasteiger partial charge in [-0.3, -0.25) is 23.7 Å². The van der Waals surface area contributed by atoms with Gasteiger partial charge in [-0.15, -0.1) is 0 Å². The molecule has 0 aliphatic carbocycles. The van der Waals surface area contributed by atoms with Crippen LogP contribution in [-0.2, 0) is 9.53 Å². The molecule has 0 fully saturated rings. The van der Waals surface area contributed by atoms with Crippen molar-refractivity contribution < 1.29 is 23.9 Å². The van der Waals surface area contributed by atoms with Crippen molar-refractivity contribution in [2.45, 2.75) is 52.2 Å². The Morgan fingerprint density at radius 1 is 1.05 bits per heavy atom. The van der Waals surface area contributed by atoms with E-state index in [0.717, 1.165) is 0 Å². The molecule has 0 unspecified atom stereocenters. The van der Waals surface area contributed by atoms with E-state index in [9.17, 15) is 19.2 Å². The molecular formula is C30H34ClN3O6. The van der Waals surface area contributed by atoms with Gasteiger partial charge in [-0.1, -0.05) is 11.6 Å². The molecule has 2 amide bonds. The number of nitrogens with two attached hydrogens (primary N) is 1. The minimum Gasteiger partial charge on any atom is -0.495 e. The summed E-state index contributed by atoms with van der Waals surface area (Å²) in [5.41, 5.74) is 6.44. The van der Waals surface area contributed by atoms with Crippen LogP contribution in [0.5, 0.6) is 5.75 Å². The molecule has 3 N–H and O–H groups in total. The van der Waals surface area contributed by atoms with Crippen molar-refractivity contribution in [2.24, 2.45) is 5.73 Å². The number of amides is 2. The van der Waals surface area contributed by atoms with E-state index in [4.69, 9.17) is 26.8 Å². The number of rotatable bonds is 11. The number of ether oxygens (including phenoxy) is 2. The molecule has 1 atom stereocenters. The molecule has 2 aromatic carbocycles. The third-order valence-corrected chi connectivity index (χ3v) is 6.38. The lowest BCUT2D eigenvalue weighted by molar-refractivity contribution is -0.119. The molecule has 10 heteroatoms. The number of carbonyl (C=O) groups excluding carboxylic acids is 3. The van der Waals surface area contributed by atoms with Crippen LogP contribution in [-0.4, -0.2) is 41.5 Å². The molecule has 3 aromatic rings. The second kappa shape index (κ2) is 12.9. The summed E-state index contributed by atoms with van der Waals surface area (Å²) >= 11 is 6.21. The molecule has 0 aliphatic rings. The Morgan fingerprint density at radius 3 is 2.30 bits per heavy atom. The summed E-state index contributed by atoms with van der Waals surface area (Å²) in [6.45, 7) is 7.62. The molecule has 212 valence electrons. The van der Waals surface area contributed by atoms with E-state index in [1.165, 1.54) is 43.0 Å². The van der Waals surface area contributed by atoms with Gasteiger partial charge in [-0.25, -0.2) is 0 Å². The fourth-order valence-electron chi connectivity index (χ4n) is 4.19. The number of hydrogen-bond donors (Lipinski definition) is 2. The number of ketones is 1. The van der Waals surface area contributed by atoms with Crippen molar-refractivity contribution in [2.75, 3.05) is 19.0 Å². The van der Waals surface area contributed by atoms with E-state index in [1.54, 1.807) is 30.3 Å². The number of anilines is 1. The Bertz CT molecular complexity index is 1460. The highest BCUT2D eigenvalue weighted by Crippen LogP contribution is 2.34. The lowest BCUT2D eigenvalue weighted by atomic mass is 9.97. The first kappa shape index (κ1) is 30.6. The van der Waals surface area contributed by atoms with Crippen LogP contribution in [0.4, 0.5) is 5.69 Å². The number of carbonyl (C=O) groups is 3. The molecule has 3 rings (SSSR count). The molecule has 0 spiro atoms. The maximum Gasteiger partial charge on any atom is 0.252 e. The highest BCUT2D eigenvalue weighted by Gasteiger charge is 2.25. The zero-order valence-corrected chi connectivity index (χ0v) is 24.0. The number of aromatic nitrogens is 1. The minimum atomic E-state index is -0.915. The molecule has 0 saturated heterocycles. The lowest BCUT2D eigenvalue weighted by Crippen LogP contribution is -2.33. The molecule has 9 nitrogen and oxygen atoms in total. The highest BCUT2D eigenvalue weighted by atomic mass is 35.5. The van der Waals surface area contributed by atoms with Crippen LogP contribution in [0.1, 0.15) is 67.3 Å². The number of hydrogen-bond acceptors (Lipinski definition) is 6. The van der Waals surface area contributed by atoms with Gasteiger partial charge >= 0.3 is 0 Å². The van der Waals surface area contributed by atoms with E-state index < -0.39 is 23.4 Å². The monoisotopic (exact) mass is 567 g/mol. The van der Waals surface area contributed by atoms with Crippen LogP contribution in [0.3, 0.4) is 0 Å². The Kier molecular flexibility index (Phi) is 9.89. The molecule has 1 heterocycles. The number of methoxy groups -OCH3 is 1. The summed E-state index contributed by atoms with van der Waals surface area (Å²) in [6.07, 6.45) is 2.25. The fraction of sp³-hybridized carbons (Fsp3) is 0.333. The minimum absolute atomic E-state index is 0.198. The molecule has 40 heavy (non-hydrogen) atoms. The third kappa shape index (κ3) is 7.80. The SMILES string of the molecule is COc1cn([C@@H](CCCOC(C)(C)C)C(=O)Nc2ccc(C(N)=O)cc2)c(=O)cc1-c1cc(Cl)ccc1C(C)=O. The first-order valence-electron chi connectivity index (χ1n) is 12.8. The van der Waals surface area contributed by atoms with Crippen LogP contribution in [0, 0.1) is 0 Å². The van der Waals surface area contributed by atoms with Crippen LogP contribution < -0.4 is 21.3 Å². The van der Waals surface area contributed by atoms with E-state index in [2.05, 4.69) is 5.32 Å². The predicted octanol–water partition coefficient (Wildman–Crippen LogP) is 5.25. The number of pyridine rings is 1. The largest absolute Gasteiger partial charge is 0.495 e. The fourth-order valence-corrected chi connectivity index (χ4v) is 4.36. The van der Waals surface area contributed by atoms with E-state index in [-0.39, 0.29) is 11.4 Å². The Morgan fingerprint density at radius 2 is 1.73 bits per heavy atom. The van der Waals surface area contributed by atoms with Crippen molar-refractivity contribution in [1.29, 1.82) is 0 Å². The number of Topliss-reactive ketones (excluding diaryl/α,β-unsaturated/α-hetero) is 1. The average molecular weight is 568 g/mol. The summed E-state index contributed by atoms with van der Waals surface area (Å²) in [6, 6.07) is 11.4. The van der Waals surface area contributed by atoms with E-state index >= 15 is 0 Å². The average Bonchev–Trinajstić information content (AvgIpc) is 2.88. The Balaban J connectivity index is 2.02. The van der Waals surface area contributed by atoms with Gasteiger partial charge in [-0.05, 0) is 88.6 Å². The number of nitrogens with zero attached hydrogens (tertiary/aromatic N) is 1.